The molecule has 9 nitrogen and oxygen atoms in total. The minimum Gasteiger partial charge on any atom is -1.00 e. The van der Waals surface area contributed by atoms with Crippen LogP contribution in [0.4, 0.5) is 0 Å². The molecule has 0 aromatic carbocycles. The van der Waals surface area contributed by atoms with Crippen molar-refractivity contribution in [1.82, 2.24) is 18.7 Å². The number of hydrogen-bond donors (Lipinski definition) is 1. The average molecular weight is 436 g/mol. The lowest BCUT2D eigenvalue weighted by Gasteiger charge is -2.11. The van der Waals surface area contributed by atoms with Crippen molar-refractivity contribution in [3.8, 4) is 0 Å². The van der Waals surface area contributed by atoms with Gasteiger partial charge in [0.1, 0.15) is 12.1 Å². The number of hydrogen-bond acceptors (Lipinski definition) is 4. The van der Waals surface area contributed by atoms with Crippen molar-refractivity contribution in [3.05, 3.63) is 57.3 Å². The Balaban J connectivity index is 0.00000320. The zero-order valence-electron chi connectivity index (χ0n) is 17.8. The maximum absolute atomic E-state index is 12.6. The molecule has 0 bridgehead atoms. The van der Waals surface area contributed by atoms with Crippen molar-refractivity contribution >= 4 is 17.1 Å². The molecule has 0 fully saturated rings. The van der Waals surface area contributed by atoms with Gasteiger partial charge in [0, 0.05) is 33.1 Å². The molecule has 3 aromatic heterocycles. The van der Waals surface area contributed by atoms with Crippen LogP contribution in [0.25, 0.3) is 11.2 Å². The first kappa shape index (κ1) is 23.5. The van der Waals surface area contributed by atoms with Gasteiger partial charge in [-0.2, -0.15) is 0 Å². The van der Waals surface area contributed by atoms with E-state index in [2.05, 4.69) is 4.98 Å². The molecule has 30 heavy (non-hydrogen) atoms. The van der Waals surface area contributed by atoms with Crippen LogP contribution in [0.3, 0.4) is 0 Å². The Morgan fingerprint density at radius 2 is 1.87 bits per heavy atom. The largest absolute Gasteiger partial charge is 1.00 e. The minimum absolute atomic E-state index is 0. The van der Waals surface area contributed by atoms with E-state index in [1.54, 1.807) is 17.9 Å². The van der Waals surface area contributed by atoms with Crippen LogP contribution in [0.2, 0.25) is 0 Å². The number of halogens is 1. The summed E-state index contributed by atoms with van der Waals surface area (Å²) >= 11 is 0. The second-order valence-corrected chi connectivity index (χ2v) is 7.14. The Bertz CT molecular complexity index is 1160. The molecule has 3 heterocycles. The molecule has 0 unspecified atom stereocenters. The number of pyridine rings is 1. The molecular weight excluding hydrogens is 408 g/mol. The number of aromatic nitrogens is 5. The van der Waals surface area contributed by atoms with Gasteiger partial charge in [-0.25, -0.2) is 19.1 Å². The topological polar surface area (TPSA) is 87.2 Å². The van der Waals surface area contributed by atoms with E-state index in [1.807, 2.05) is 42.9 Å². The molecule has 0 aliphatic carbocycles. The predicted molar refractivity (Wildman–Crippen MR) is 108 cm³/mol. The van der Waals surface area contributed by atoms with Crippen LogP contribution in [0, 0.1) is 0 Å². The molecule has 162 valence electrons. The summed E-state index contributed by atoms with van der Waals surface area (Å²) in [6, 6.07) is 3.73. The van der Waals surface area contributed by atoms with Gasteiger partial charge in [0.2, 0.25) is 0 Å². The second kappa shape index (κ2) is 9.82. The molecule has 10 heteroatoms. The summed E-state index contributed by atoms with van der Waals surface area (Å²) < 4.78 is 6.25. The molecule has 0 aliphatic heterocycles. The van der Waals surface area contributed by atoms with Gasteiger partial charge in [-0.05, 0) is 19.9 Å². The van der Waals surface area contributed by atoms with E-state index in [-0.39, 0.29) is 29.6 Å². The first-order valence-electron chi connectivity index (χ1n) is 9.88. The fourth-order valence-corrected chi connectivity index (χ4v) is 3.56. The van der Waals surface area contributed by atoms with E-state index in [0.29, 0.717) is 29.8 Å². The van der Waals surface area contributed by atoms with E-state index in [4.69, 9.17) is 0 Å². The summed E-state index contributed by atoms with van der Waals surface area (Å²) in [5.41, 5.74) is 0.778. The molecule has 0 spiro atoms. The highest BCUT2D eigenvalue weighted by molar-refractivity contribution is 5.86. The monoisotopic (exact) mass is 435 g/mol. The van der Waals surface area contributed by atoms with Crippen LogP contribution < -0.4 is 33.1 Å². The molecule has 0 aliphatic rings. The summed E-state index contributed by atoms with van der Waals surface area (Å²) in [6.07, 6.45) is 6.16. The molecular formula is C20H28ClN6O3+. The fraction of sp³-hybridized carbons (Fsp3) is 0.450. The smallest absolute Gasteiger partial charge is 0.350 e. The Hall–Kier alpha value is -2.78. The van der Waals surface area contributed by atoms with Gasteiger partial charge in [0.05, 0.1) is 19.4 Å². The van der Waals surface area contributed by atoms with Gasteiger partial charge in [0.25, 0.3) is 5.56 Å². The van der Waals surface area contributed by atoms with Crippen LogP contribution in [-0.2, 0) is 27.2 Å². The normalized spacial score (nSPS) is 11.1. The maximum Gasteiger partial charge on any atom is 0.350 e. The maximum atomic E-state index is 12.6. The lowest BCUT2D eigenvalue weighted by atomic mass is 10.2. The second-order valence-electron chi connectivity index (χ2n) is 7.14. The number of carbonyl (C=O) groups excluding carboxylic acids is 1. The third-order valence-corrected chi connectivity index (χ3v) is 5.33. The minimum atomic E-state index is -0.389. The standard InChI is InChI=1S/C20H27N6O3.ClH/c1-5-25(6-2)18(27)15-9-7-10-24(13-15)11-8-12-26-14-21-17-16(26)19(28)23(4)20(29)22(17)3;/h7,9-10,13-14H,5-6,8,11-12H2,1-4H3;1H/q+1;. The molecule has 3 aromatic rings. The van der Waals surface area contributed by atoms with Crippen molar-refractivity contribution in [1.29, 1.82) is 0 Å². The number of amides is 1. The zero-order valence-corrected chi connectivity index (χ0v) is 18.5. The van der Waals surface area contributed by atoms with Crippen molar-refractivity contribution in [2.75, 3.05) is 13.1 Å². The zero-order chi connectivity index (χ0) is 21.1. The third kappa shape index (κ3) is 4.36. The van der Waals surface area contributed by atoms with Crippen LogP contribution in [0.5, 0.6) is 0 Å². The van der Waals surface area contributed by atoms with E-state index in [9.17, 15) is 14.4 Å². The Labute approximate surface area is 180 Å². The lowest BCUT2D eigenvalue weighted by molar-refractivity contribution is -0.810. The lowest BCUT2D eigenvalue weighted by Crippen LogP contribution is -3.14. The summed E-state index contributed by atoms with van der Waals surface area (Å²) in [6.45, 7) is 6.80. The first-order chi connectivity index (χ1) is 13.9. The summed E-state index contributed by atoms with van der Waals surface area (Å²) in [7, 11) is 3.08. The van der Waals surface area contributed by atoms with Gasteiger partial charge in [-0.15, -0.1) is 0 Å². The van der Waals surface area contributed by atoms with Crippen molar-refractivity contribution in [2.24, 2.45) is 14.1 Å². The van der Waals surface area contributed by atoms with Gasteiger partial charge >= 0.3 is 11.6 Å². The van der Waals surface area contributed by atoms with Crippen molar-refractivity contribution in [3.63, 3.8) is 0 Å². The van der Waals surface area contributed by atoms with Crippen LogP contribution in [0.1, 0.15) is 30.6 Å². The molecule has 1 amide bonds. The van der Waals surface area contributed by atoms with Crippen molar-refractivity contribution in [2.45, 2.75) is 33.4 Å². The number of aryl methyl sites for hydroxylation is 3. The van der Waals surface area contributed by atoms with Crippen LogP contribution >= 0.6 is 0 Å². The highest BCUT2D eigenvalue weighted by Crippen LogP contribution is 2.06. The number of fused-ring (bicyclic) bond motifs is 1. The Kier molecular flexibility index (Phi) is 7.69. The molecule has 0 radical (unpaired) electrons. The highest BCUT2D eigenvalue weighted by atomic mass is 35.5. The quantitative estimate of drug-likeness (QED) is 0.382. The summed E-state index contributed by atoms with van der Waals surface area (Å²) in [4.78, 5) is 42.3. The van der Waals surface area contributed by atoms with Gasteiger partial charge in [-0.1, -0.05) is 0 Å². The van der Waals surface area contributed by atoms with Crippen LogP contribution in [0.15, 0.2) is 40.4 Å². The predicted octanol–water partition coefficient (Wildman–Crippen LogP) is -4.12. The van der Waals surface area contributed by atoms with E-state index < -0.39 is 0 Å². The molecule has 0 atom stereocenters. The highest BCUT2D eigenvalue weighted by Gasteiger charge is 2.21. The molecule has 0 saturated heterocycles. The fourth-order valence-electron chi connectivity index (χ4n) is 3.56. The summed E-state index contributed by atoms with van der Waals surface area (Å²) in [5, 5.41) is 0. The number of imidazole rings is 1. The number of nitrogens with zero attached hydrogens (tertiary/aromatic N) is 5. The van der Waals surface area contributed by atoms with Crippen molar-refractivity contribution < 1.29 is 26.7 Å². The van der Waals surface area contributed by atoms with E-state index in [1.165, 1.54) is 11.6 Å². The average Bonchev–Trinajstić information content (AvgIpc) is 3.16. The number of carbonyl (C=O) groups is 1. The SMILES string of the molecule is CC[NH+](CC)C(=O)c1ccc[n+](CCCn2cnc3c2c(=O)n(C)c(=O)n3C)c1.[Cl-]. The van der Waals surface area contributed by atoms with E-state index >= 15 is 0 Å². The third-order valence-electron chi connectivity index (χ3n) is 5.33. The number of rotatable bonds is 7. The molecule has 1 N–H and O–H groups in total. The summed E-state index contributed by atoms with van der Waals surface area (Å²) in [5.74, 6) is 0.106. The van der Waals surface area contributed by atoms with Gasteiger partial charge in [-0.3, -0.25) is 18.8 Å². The molecule has 0 saturated carbocycles. The van der Waals surface area contributed by atoms with Gasteiger partial charge in [0.15, 0.2) is 23.6 Å². The molecule has 3 rings (SSSR count). The van der Waals surface area contributed by atoms with Crippen LogP contribution in [-0.4, -0.2) is 37.7 Å². The number of quaternary nitrogens is 1. The first-order valence-corrected chi connectivity index (χ1v) is 9.88. The number of nitrogens with one attached hydrogen (secondary N) is 1. The van der Waals surface area contributed by atoms with Gasteiger partial charge < -0.3 is 17.0 Å². The Morgan fingerprint density at radius 3 is 2.53 bits per heavy atom. The Morgan fingerprint density at radius 1 is 1.17 bits per heavy atom. The van der Waals surface area contributed by atoms with E-state index in [0.717, 1.165) is 29.0 Å².